The fourth-order valence-corrected chi connectivity index (χ4v) is 3.81. The molecule has 2 aliphatic rings. The molecule has 0 aromatic rings. The molecule has 19 heavy (non-hydrogen) atoms. The molecule has 0 aromatic carbocycles. The molecular formula is C16H32N2O. The third-order valence-electron chi connectivity index (χ3n) is 4.70. The van der Waals surface area contributed by atoms with Crippen molar-refractivity contribution in [3.8, 4) is 0 Å². The Hall–Kier alpha value is -0.120. The van der Waals surface area contributed by atoms with Crippen molar-refractivity contribution in [3.05, 3.63) is 0 Å². The number of rotatable bonds is 6. The molecule has 1 aliphatic heterocycles. The van der Waals surface area contributed by atoms with Crippen molar-refractivity contribution in [3.63, 3.8) is 0 Å². The second-order valence-electron chi connectivity index (χ2n) is 7.87. The van der Waals surface area contributed by atoms with E-state index in [9.17, 15) is 5.11 Å². The third-order valence-corrected chi connectivity index (χ3v) is 4.70. The molecule has 1 saturated heterocycles. The Morgan fingerprint density at radius 3 is 2.53 bits per heavy atom. The SMILES string of the molecule is CC(C)NC(CO)(CN1CCCC(C)(C)C1)C1CC1. The van der Waals surface area contributed by atoms with E-state index < -0.39 is 0 Å². The highest BCUT2D eigenvalue weighted by Crippen LogP contribution is 2.41. The van der Waals surface area contributed by atoms with Crippen LogP contribution in [0, 0.1) is 11.3 Å². The van der Waals surface area contributed by atoms with Crippen molar-refractivity contribution >= 4 is 0 Å². The van der Waals surface area contributed by atoms with Gasteiger partial charge in [0.25, 0.3) is 0 Å². The van der Waals surface area contributed by atoms with E-state index in [1.165, 1.54) is 38.8 Å². The Kier molecular flexibility index (Phi) is 4.59. The molecule has 3 heteroatoms. The van der Waals surface area contributed by atoms with Gasteiger partial charge in [0.15, 0.2) is 0 Å². The first-order chi connectivity index (χ1) is 8.87. The van der Waals surface area contributed by atoms with Crippen LogP contribution in [0.1, 0.15) is 53.4 Å². The Bertz CT molecular complexity index is 299. The van der Waals surface area contributed by atoms with Gasteiger partial charge in [0.2, 0.25) is 0 Å². The molecule has 2 rings (SSSR count). The van der Waals surface area contributed by atoms with Gasteiger partial charge < -0.3 is 15.3 Å². The number of nitrogens with zero attached hydrogens (tertiary/aromatic N) is 1. The van der Waals surface area contributed by atoms with Crippen molar-refractivity contribution in [2.45, 2.75) is 65.0 Å². The van der Waals surface area contributed by atoms with Crippen molar-refractivity contribution in [2.75, 3.05) is 26.2 Å². The summed E-state index contributed by atoms with van der Waals surface area (Å²) in [5, 5.41) is 13.7. The van der Waals surface area contributed by atoms with Crippen LogP contribution in [0.5, 0.6) is 0 Å². The summed E-state index contributed by atoms with van der Waals surface area (Å²) >= 11 is 0. The monoisotopic (exact) mass is 268 g/mol. The Morgan fingerprint density at radius 1 is 1.37 bits per heavy atom. The van der Waals surface area contributed by atoms with E-state index in [2.05, 4.69) is 37.9 Å². The third kappa shape index (κ3) is 3.93. The average Bonchev–Trinajstić information content (AvgIpc) is 3.10. The van der Waals surface area contributed by atoms with Gasteiger partial charge in [0.1, 0.15) is 0 Å². The smallest absolute Gasteiger partial charge is 0.0628 e. The van der Waals surface area contributed by atoms with Crippen LogP contribution in [0.3, 0.4) is 0 Å². The lowest BCUT2D eigenvalue weighted by Crippen LogP contribution is -2.61. The number of aliphatic hydroxyl groups is 1. The molecule has 1 saturated carbocycles. The quantitative estimate of drug-likeness (QED) is 0.775. The summed E-state index contributed by atoms with van der Waals surface area (Å²) in [5.74, 6) is 0.671. The van der Waals surface area contributed by atoms with Gasteiger partial charge >= 0.3 is 0 Å². The van der Waals surface area contributed by atoms with Gasteiger partial charge in [-0.3, -0.25) is 0 Å². The van der Waals surface area contributed by atoms with Crippen LogP contribution in [-0.2, 0) is 0 Å². The van der Waals surface area contributed by atoms with Gasteiger partial charge in [-0.15, -0.1) is 0 Å². The molecule has 0 aromatic heterocycles. The summed E-state index contributed by atoms with van der Waals surface area (Å²) in [6.45, 7) is 12.8. The number of likely N-dealkylation sites (tertiary alicyclic amines) is 1. The fourth-order valence-electron chi connectivity index (χ4n) is 3.81. The van der Waals surface area contributed by atoms with Crippen molar-refractivity contribution in [1.29, 1.82) is 0 Å². The molecule has 0 bridgehead atoms. The van der Waals surface area contributed by atoms with Crippen molar-refractivity contribution < 1.29 is 5.11 Å². The lowest BCUT2D eigenvalue weighted by atomic mass is 9.82. The standard InChI is InChI=1S/C16H32N2O/c1-13(2)17-16(12-19,14-6-7-14)11-18-9-5-8-15(3,4)10-18/h13-14,17,19H,5-12H2,1-4H3. The summed E-state index contributed by atoms with van der Waals surface area (Å²) < 4.78 is 0. The Morgan fingerprint density at radius 2 is 2.05 bits per heavy atom. The normalized spacial score (nSPS) is 27.5. The van der Waals surface area contributed by atoms with E-state index in [0.717, 1.165) is 6.54 Å². The Labute approximate surface area is 118 Å². The first-order valence-corrected chi connectivity index (χ1v) is 7.98. The fraction of sp³-hybridized carbons (Fsp3) is 1.00. The van der Waals surface area contributed by atoms with Crippen LogP contribution >= 0.6 is 0 Å². The van der Waals surface area contributed by atoms with E-state index in [1.807, 2.05) is 0 Å². The molecule has 0 radical (unpaired) electrons. The van der Waals surface area contributed by atoms with Crippen LogP contribution in [0.15, 0.2) is 0 Å². The number of piperidine rings is 1. The van der Waals surface area contributed by atoms with Gasteiger partial charge in [-0.1, -0.05) is 27.7 Å². The summed E-state index contributed by atoms with van der Waals surface area (Å²) in [7, 11) is 0. The molecule has 1 aliphatic carbocycles. The van der Waals surface area contributed by atoms with Crippen LogP contribution in [0.25, 0.3) is 0 Å². The van der Waals surface area contributed by atoms with Crippen LogP contribution in [0.2, 0.25) is 0 Å². The van der Waals surface area contributed by atoms with Crippen LogP contribution < -0.4 is 5.32 Å². The van der Waals surface area contributed by atoms with Crippen LogP contribution in [0.4, 0.5) is 0 Å². The van der Waals surface area contributed by atoms with Gasteiger partial charge in [-0.05, 0) is 43.6 Å². The molecule has 0 spiro atoms. The highest BCUT2D eigenvalue weighted by atomic mass is 16.3. The molecule has 0 amide bonds. The van der Waals surface area contributed by atoms with Gasteiger partial charge in [0, 0.05) is 19.1 Å². The minimum atomic E-state index is -0.0679. The number of nitrogens with one attached hydrogen (secondary N) is 1. The highest BCUT2D eigenvalue weighted by Gasteiger charge is 2.46. The second-order valence-corrected chi connectivity index (χ2v) is 7.87. The predicted molar refractivity (Wildman–Crippen MR) is 80.3 cm³/mol. The molecule has 2 fully saturated rings. The second kappa shape index (κ2) is 5.71. The zero-order chi connectivity index (χ0) is 14.1. The Balaban J connectivity index is 2.03. The summed E-state index contributed by atoms with van der Waals surface area (Å²) in [5.41, 5.74) is 0.364. The number of hydrogen-bond acceptors (Lipinski definition) is 3. The summed E-state index contributed by atoms with van der Waals surface area (Å²) in [6.07, 6.45) is 5.17. The first-order valence-electron chi connectivity index (χ1n) is 7.98. The summed E-state index contributed by atoms with van der Waals surface area (Å²) in [6, 6.07) is 0.436. The van der Waals surface area contributed by atoms with E-state index in [-0.39, 0.29) is 12.1 Å². The molecule has 3 nitrogen and oxygen atoms in total. The molecule has 1 unspecified atom stereocenters. The van der Waals surface area contributed by atoms with E-state index in [4.69, 9.17) is 0 Å². The molecule has 2 N–H and O–H groups in total. The zero-order valence-electron chi connectivity index (χ0n) is 13.2. The van der Waals surface area contributed by atoms with Crippen LogP contribution in [-0.4, -0.2) is 47.8 Å². The van der Waals surface area contributed by atoms with Gasteiger partial charge in [-0.25, -0.2) is 0 Å². The summed E-state index contributed by atoms with van der Waals surface area (Å²) in [4.78, 5) is 2.58. The maximum absolute atomic E-state index is 10.0. The van der Waals surface area contributed by atoms with Crippen molar-refractivity contribution in [2.24, 2.45) is 11.3 Å². The van der Waals surface area contributed by atoms with Gasteiger partial charge in [-0.2, -0.15) is 0 Å². The number of aliphatic hydroxyl groups excluding tert-OH is 1. The molecular weight excluding hydrogens is 236 g/mol. The lowest BCUT2D eigenvalue weighted by Gasteiger charge is -2.44. The zero-order valence-corrected chi connectivity index (χ0v) is 13.2. The van der Waals surface area contributed by atoms with E-state index in [0.29, 0.717) is 17.4 Å². The first kappa shape index (κ1) is 15.3. The minimum Gasteiger partial charge on any atom is -0.394 e. The lowest BCUT2D eigenvalue weighted by molar-refractivity contribution is 0.0445. The topological polar surface area (TPSA) is 35.5 Å². The highest BCUT2D eigenvalue weighted by molar-refractivity contribution is 5.04. The average molecular weight is 268 g/mol. The van der Waals surface area contributed by atoms with E-state index in [1.54, 1.807) is 0 Å². The maximum Gasteiger partial charge on any atom is 0.0628 e. The minimum absolute atomic E-state index is 0.0679. The van der Waals surface area contributed by atoms with Gasteiger partial charge in [0.05, 0.1) is 12.1 Å². The number of hydrogen-bond donors (Lipinski definition) is 2. The maximum atomic E-state index is 10.0. The molecule has 1 atom stereocenters. The molecule has 112 valence electrons. The van der Waals surface area contributed by atoms with E-state index >= 15 is 0 Å². The largest absolute Gasteiger partial charge is 0.394 e. The predicted octanol–water partition coefficient (Wildman–Crippen LogP) is 2.25. The molecule has 1 heterocycles. The van der Waals surface area contributed by atoms with Crippen molar-refractivity contribution in [1.82, 2.24) is 10.2 Å².